The number of nitrogens with zero attached hydrogens (tertiary/aromatic N) is 1. The Labute approximate surface area is 90.9 Å². The summed E-state index contributed by atoms with van der Waals surface area (Å²) in [5.41, 5.74) is 1.11. The minimum atomic E-state index is 0.270. The van der Waals surface area contributed by atoms with Crippen LogP contribution in [0.1, 0.15) is 25.3 Å². The number of carbonyl (C=O) groups is 1. The SMILES string of the molecule is CCN(C(=O)Cc1ccccc1)C1CC1. The van der Waals surface area contributed by atoms with Crippen molar-refractivity contribution in [1.82, 2.24) is 4.90 Å². The van der Waals surface area contributed by atoms with E-state index in [1.165, 1.54) is 12.8 Å². The molecule has 0 N–H and O–H groups in total. The van der Waals surface area contributed by atoms with Gasteiger partial charge in [-0.05, 0) is 25.3 Å². The van der Waals surface area contributed by atoms with E-state index < -0.39 is 0 Å². The second-order valence-corrected chi connectivity index (χ2v) is 4.07. The van der Waals surface area contributed by atoms with Gasteiger partial charge in [-0.15, -0.1) is 0 Å². The fourth-order valence-electron chi connectivity index (χ4n) is 1.90. The van der Waals surface area contributed by atoms with E-state index in [1.807, 2.05) is 35.2 Å². The molecule has 15 heavy (non-hydrogen) atoms. The molecule has 1 aromatic rings. The van der Waals surface area contributed by atoms with E-state index in [0.29, 0.717) is 12.5 Å². The Morgan fingerprint density at radius 3 is 2.53 bits per heavy atom. The van der Waals surface area contributed by atoms with Crippen molar-refractivity contribution in [1.29, 1.82) is 0 Å². The smallest absolute Gasteiger partial charge is 0.227 e. The molecule has 2 rings (SSSR count). The van der Waals surface area contributed by atoms with Crippen LogP contribution in [0.15, 0.2) is 30.3 Å². The molecule has 1 fully saturated rings. The number of carbonyl (C=O) groups excluding carboxylic acids is 1. The standard InChI is InChI=1S/C13H17NO/c1-2-14(12-8-9-12)13(15)10-11-6-4-3-5-7-11/h3-7,12H,2,8-10H2,1H3. The van der Waals surface area contributed by atoms with Crippen LogP contribution >= 0.6 is 0 Å². The zero-order valence-corrected chi connectivity index (χ0v) is 9.15. The van der Waals surface area contributed by atoms with E-state index in [-0.39, 0.29) is 5.91 Å². The Kier molecular flexibility index (Phi) is 3.05. The first-order valence-corrected chi connectivity index (χ1v) is 5.64. The molecule has 0 radical (unpaired) electrons. The fraction of sp³-hybridized carbons (Fsp3) is 0.462. The Morgan fingerprint density at radius 1 is 1.33 bits per heavy atom. The van der Waals surface area contributed by atoms with Crippen molar-refractivity contribution in [2.45, 2.75) is 32.2 Å². The van der Waals surface area contributed by atoms with Gasteiger partial charge in [0.15, 0.2) is 0 Å². The summed E-state index contributed by atoms with van der Waals surface area (Å²) in [5, 5.41) is 0. The normalized spacial score (nSPS) is 15.0. The lowest BCUT2D eigenvalue weighted by molar-refractivity contribution is -0.130. The van der Waals surface area contributed by atoms with Crippen LogP contribution in [-0.2, 0) is 11.2 Å². The minimum Gasteiger partial charge on any atom is -0.340 e. The summed E-state index contributed by atoms with van der Waals surface area (Å²) >= 11 is 0. The molecule has 2 nitrogen and oxygen atoms in total. The average Bonchev–Trinajstić information content (AvgIpc) is 3.04. The van der Waals surface area contributed by atoms with Gasteiger partial charge in [0.1, 0.15) is 0 Å². The summed E-state index contributed by atoms with van der Waals surface area (Å²) in [5.74, 6) is 0.270. The topological polar surface area (TPSA) is 20.3 Å². The summed E-state index contributed by atoms with van der Waals surface area (Å²) < 4.78 is 0. The predicted molar refractivity (Wildman–Crippen MR) is 60.6 cm³/mol. The highest BCUT2D eigenvalue weighted by atomic mass is 16.2. The Hall–Kier alpha value is -1.31. The molecule has 0 heterocycles. The largest absolute Gasteiger partial charge is 0.340 e. The molecule has 2 heteroatoms. The van der Waals surface area contributed by atoms with Crippen LogP contribution in [0, 0.1) is 0 Å². The summed E-state index contributed by atoms with van der Waals surface area (Å²) in [6.07, 6.45) is 2.92. The van der Waals surface area contributed by atoms with Crippen LogP contribution in [0.5, 0.6) is 0 Å². The Balaban J connectivity index is 1.96. The lowest BCUT2D eigenvalue weighted by Crippen LogP contribution is -2.33. The van der Waals surface area contributed by atoms with Crippen molar-refractivity contribution in [3.05, 3.63) is 35.9 Å². The van der Waals surface area contributed by atoms with Gasteiger partial charge in [-0.25, -0.2) is 0 Å². The maximum Gasteiger partial charge on any atom is 0.227 e. The molecule has 0 saturated heterocycles. The summed E-state index contributed by atoms with van der Waals surface area (Å²) in [6, 6.07) is 10.5. The number of likely N-dealkylation sites (N-methyl/N-ethyl adjacent to an activating group) is 1. The molecule has 0 aromatic heterocycles. The van der Waals surface area contributed by atoms with Crippen LogP contribution < -0.4 is 0 Å². The highest BCUT2D eigenvalue weighted by Crippen LogP contribution is 2.27. The predicted octanol–water partition coefficient (Wildman–Crippen LogP) is 2.24. The van der Waals surface area contributed by atoms with Gasteiger partial charge >= 0.3 is 0 Å². The quantitative estimate of drug-likeness (QED) is 0.735. The Morgan fingerprint density at radius 2 is 2.00 bits per heavy atom. The van der Waals surface area contributed by atoms with Crippen molar-refractivity contribution >= 4 is 5.91 Å². The van der Waals surface area contributed by atoms with E-state index in [0.717, 1.165) is 12.1 Å². The molecule has 0 spiro atoms. The van der Waals surface area contributed by atoms with E-state index in [1.54, 1.807) is 0 Å². The number of hydrogen-bond donors (Lipinski definition) is 0. The number of benzene rings is 1. The van der Waals surface area contributed by atoms with Gasteiger partial charge in [-0.2, -0.15) is 0 Å². The van der Waals surface area contributed by atoms with Crippen molar-refractivity contribution in [2.24, 2.45) is 0 Å². The minimum absolute atomic E-state index is 0.270. The first-order chi connectivity index (χ1) is 7.31. The summed E-state index contributed by atoms with van der Waals surface area (Å²) in [4.78, 5) is 14.0. The van der Waals surface area contributed by atoms with E-state index in [2.05, 4.69) is 6.92 Å². The Bertz CT molecular complexity index is 330. The highest BCUT2D eigenvalue weighted by molar-refractivity contribution is 5.79. The van der Waals surface area contributed by atoms with Crippen molar-refractivity contribution in [2.75, 3.05) is 6.54 Å². The van der Waals surface area contributed by atoms with Gasteiger partial charge in [0.05, 0.1) is 6.42 Å². The van der Waals surface area contributed by atoms with Crippen LogP contribution in [0.3, 0.4) is 0 Å². The van der Waals surface area contributed by atoms with Gasteiger partial charge in [0, 0.05) is 12.6 Å². The van der Waals surface area contributed by atoms with Crippen molar-refractivity contribution < 1.29 is 4.79 Å². The first-order valence-electron chi connectivity index (χ1n) is 5.64. The molecule has 0 aliphatic heterocycles. The molecule has 1 aliphatic carbocycles. The third-order valence-corrected chi connectivity index (χ3v) is 2.85. The first kappa shape index (κ1) is 10.2. The van der Waals surface area contributed by atoms with E-state index in [4.69, 9.17) is 0 Å². The summed E-state index contributed by atoms with van der Waals surface area (Å²) in [6.45, 7) is 2.90. The molecule has 80 valence electrons. The lowest BCUT2D eigenvalue weighted by atomic mass is 10.1. The van der Waals surface area contributed by atoms with Gasteiger partial charge in [-0.1, -0.05) is 30.3 Å². The monoisotopic (exact) mass is 203 g/mol. The second kappa shape index (κ2) is 4.47. The molecule has 0 bridgehead atoms. The third kappa shape index (κ3) is 2.58. The van der Waals surface area contributed by atoms with Crippen molar-refractivity contribution in [3.63, 3.8) is 0 Å². The molecular formula is C13H17NO. The molecule has 1 saturated carbocycles. The second-order valence-electron chi connectivity index (χ2n) is 4.07. The van der Waals surface area contributed by atoms with Gasteiger partial charge in [-0.3, -0.25) is 4.79 Å². The van der Waals surface area contributed by atoms with Crippen LogP contribution in [-0.4, -0.2) is 23.4 Å². The molecule has 1 aromatic carbocycles. The molecule has 1 aliphatic rings. The zero-order valence-electron chi connectivity index (χ0n) is 9.15. The van der Waals surface area contributed by atoms with E-state index in [9.17, 15) is 4.79 Å². The van der Waals surface area contributed by atoms with Crippen LogP contribution in [0.25, 0.3) is 0 Å². The fourth-order valence-corrected chi connectivity index (χ4v) is 1.90. The van der Waals surface area contributed by atoms with Gasteiger partial charge in [0.25, 0.3) is 0 Å². The number of amides is 1. The van der Waals surface area contributed by atoms with Gasteiger partial charge in [0.2, 0.25) is 5.91 Å². The molecule has 0 unspecified atom stereocenters. The number of rotatable bonds is 4. The summed E-state index contributed by atoms with van der Waals surface area (Å²) in [7, 11) is 0. The van der Waals surface area contributed by atoms with Crippen LogP contribution in [0.4, 0.5) is 0 Å². The van der Waals surface area contributed by atoms with E-state index >= 15 is 0 Å². The highest BCUT2D eigenvalue weighted by Gasteiger charge is 2.30. The molecule has 1 amide bonds. The number of hydrogen-bond acceptors (Lipinski definition) is 1. The zero-order chi connectivity index (χ0) is 10.7. The maximum absolute atomic E-state index is 12.0. The average molecular weight is 203 g/mol. The molecular weight excluding hydrogens is 186 g/mol. The third-order valence-electron chi connectivity index (χ3n) is 2.85. The maximum atomic E-state index is 12.0. The lowest BCUT2D eigenvalue weighted by Gasteiger charge is -2.20. The molecule has 0 atom stereocenters. The van der Waals surface area contributed by atoms with Gasteiger partial charge < -0.3 is 4.90 Å². The van der Waals surface area contributed by atoms with Crippen molar-refractivity contribution in [3.8, 4) is 0 Å². The van der Waals surface area contributed by atoms with Crippen LogP contribution in [0.2, 0.25) is 0 Å².